The third kappa shape index (κ3) is 3.98. The second kappa shape index (κ2) is 7.53. The number of nitrogens with one attached hydrogen (secondary N) is 1. The second-order valence-corrected chi connectivity index (χ2v) is 6.90. The third-order valence-electron chi connectivity index (χ3n) is 5.46. The molecule has 0 aromatic rings. The lowest BCUT2D eigenvalue weighted by Crippen LogP contribution is -2.33. The van der Waals surface area contributed by atoms with Crippen LogP contribution >= 0.6 is 0 Å². The van der Waals surface area contributed by atoms with E-state index in [1.54, 1.807) is 0 Å². The molecule has 0 aromatic heterocycles. The Morgan fingerprint density at radius 1 is 0.944 bits per heavy atom. The first-order chi connectivity index (χ1) is 8.81. The van der Waals surface area contributed by atoms with Gasteiger partial charge in [-0.15, -0.1) is 0 Å². The van der Waals surface area contributed by atoms with Gasteiger partial charge in [-0.2, -0.15) is 0 Å². The topological polar surface area (TPSA) is 12.0 Å². The van der Waals surface area contributed by atoms with Crippen molar-refractivity contribution in [2.75, 3.05) is 13.1 Å². The van der Waals surface area contributed by atoms with Crippen LogP contribution in [0.4, 0.5) is 0 Å². The van der Waals surface area contributed by atoms with Crippen LogP contribution in [0.5, 0.6) is 0 Å². The molecule has 2 rings (SSSR count). The summed E-state index contributed by atoms with van der Waals surface area (Å²) in [5.41, 5.74) is 0. The highest BCUT2D eigenvalue weighted by Gasteiger charge is 2.32. The van der Waals surface area contributed by atoms with Crippen LogP contribution in [-0.2, 0) is 0 Å². The Morgan fingerprint density at radius 2 is 1.78 bits per heavy atom. The maximum Gasteiger partial charge on any atom is -0.00179 e. The van der Waals surface area contributed by atoms with Gasteiger partial charge in [-0.05, 0) is 56.0 Å². The summed E-state index contributed by atoms with van der Waals surface area (Å²) in [4.78, 5) is 0. The molecule has 1 heteroatoms. The smallest absolute Gasteiger partial charge is 0.00179 e. The minimum absolute atomic E-state index is 0.975. The molecule has 1 nitrogen and oxygen atoms in total. The van der Waals surface area contributed by atoms with Crippen molar-refractivity contribution >= 4 is 0 Å². The van der Waals surface area contributed by atoms with E-state index in [4.69, 9.17) is 0 Å². The van der Waals surface area contributed by atoms with Crippen molar-refractivity contribution in [3.05, 3.63) is 0 Å². The molecular formula is C17H33N. The summed E-state index contributed by atoms with van der Waals surface area (Å²) in [7, 11) is 0. The lowest BCUT2D eigenvalue weighted by atomic mass is 9.69. The summed E-state index contributed by atoms with van der Waals surface area (Å²) in [5.74, 6) is 4.05. The molecule has 0 saturated heterocycles. The average Bonchev–Trinajstić information content (AvgIpc) is 2.61. The fourth-order valence-electron chi connectivity index (χ4n) is 4.49. The number of hydrogen-bond acceptors (Lipinski definition) is 1. The van der Waals surface area contributed by atoms with Gasteiger partial charge in [0.2, 0.25) is 0 Å². The molecule has 4 atom stereocenters. The molecule has 4 unspecified atom stereocenters. The van der Waals surface area contributed by atoms with E-state index in [1.165, 1.54) is 64.3 Å². The third-order valence-corrected chi connectivity index (χ3v) is 5.46. The van der Waals surface area contributed by atoms with E-state index in [0.717, 1.165) is 30.2 Å². The van der Waals surface area contributed by atoms with Crippen molar-refractivity contribution in [2.24, 2.45) is 23.7 Å². The van der Waals surface area contributed by atoms with Crippen LogP contribution in [0.2, 0.25) is 0 Å². The summed E-state index contributed by atoms with van der Waals surface area (Å²) in [6, 6.07) is 0. The minimum Gasteiger partial charge on any atom is -0.317 e. The van der Waals surface area contributed by atoms with E-state index in [1.807, 2.05) is 0 Å². The zero-order valence-electron chi connectivity index (χ0n) is 12.6. The number of hydrogen-bond donors (Lipinski definition) is 1. The first-order valence-corrected chi connectivity index (χ1v) is 8.52. The largest absolute Gasteiger partial charge is 0.317 e. The molecule has 0 aromatic carbocycles. The summed E-state index contributed by atoms with van der Waals surface area (Å²) in [6.07, 6.45) is 13.5. The molecule has 2 aliphatic carbocycles. The summed E-state index contributed by atoms with van der Waals surface area (Å²) in [6.45, 7) is 7.15. The molecule has 2 fully saturated rings. The molecule has 106 valence electrons. The van der Waals surface area contributed by atoms with Gasteiger partial charge >= 0.3 is 0 Å². The van der Waals surface area contributed by atoms with Crippen molar-refractivity contribution in [2.45, 2.75) is 71.6 Å². The van der Waals surface area contributed by atoms with Gasteiger partial charge in [0.15, 0.2) is 0 Å². The normalized spacial score (nSPS) is 38.3. The van der Waals surface area contributed by atoms with E-state index in [9.17, 15) is 0 Å². The van der Waals surface area contributed by atoms with Gasteiger partial charge in [-0.25, -0.2) is 0 Å². The van der Waals surface area contributed by atoms with Crippen LogP contribution in [0.1, 0.15) is 71.6 Å². The zero-order valence-corrected chi connectivity index (χ0v) is 12.6. The molecule has 2 saturated carbocycles. The lowest BCUT2D eigenvalue weighted by Gasteiger charge is -2.37. The van der Waals surface area contributed by atoms with Gasteiger partial charge in [0.1, 0.15) is 0 Å². The van der Waals surface area contributed by atoms with Crippen molar-refractivity contribution < 1.29 is 0 Å². The van der Waals surface area contributed by atoms with E-state index in [2.05, 4.69) is 19.2 Å². The Kier molecular flexibility index (Phi) is 6.01. The van der Waals surface area contributed by atoms with Crippen LogP contribution in [0, 0.1) is 23.7 Å². The average molecular weight is 251 g/mol. The molecule has 0 bridgehead atoms. The van der Waals surface area contributed by atoms with E-state index in [0.29, 0.717) is 0 Å². The van der Waals surface area contributed by atoms with Crippen LogP contribution in [-0.4, -0.2) is 13.1 Å². The fourth-order valence-corrected chi connectivity index (χ4v) is 4.49. The van der Waals surface area contributed by atoms with Gasteiger partial charge in [0.25, 0.3) is 0 Å². The highest BCUT2D eigenvalue weighted by molar-refractivity contribution is 4.84. The maximum atomic E-state index is 3.63. The Hall–Kier alpha value is -0.0400. The van der Waals surface area contributed by atoms with Gasteiger partial charge in [-0.1, -0.05) is 52.4 Å². The summed E-state index contributed by atoms with van der Waals surface area (Å²) >= 11 is 0. The molecule has 2 aliphatic rings. The Labute approximate surface area is 114 Å². The first kappa shape index (κ1) is 14.4. The predicted molar refractivity (Wildman–Crippen MR) is 79.7 cm³/mol. The van der Waals surface area contributed by atoms with Crippen molar-refractivity contribution in [1.29, 1.82) is 0 Å². The van der Waals surface area contributed by atoms with Crippen LogP contribution < -0.4 is 5.32 Å². The molecule has 0 amide bonds. The van der Waals surface area contributed by atoms with Gasteiger partial charge in [-0.3, -0.25) is 0 Å². The Morgan fingerprint density at radius 3 is 2.56 bits per heavy atom. The van der Waals surface area contributed by atoms with Crippen LogP contribution in [0.3, 0.4) is 0 Å². The summed E-state index contributed by atoms with van der Waals surface area (Å²) < 4.78 is 0. The van der Waals surface area contributed by atoms with Gasteiger partial charge in [0.05, 0.1) is 0 Å². The highest BCUT2D eigenvalue weighted by Crippen LogP contribution is 2.42. The minimum atomic E-state index is 0.975. The molecule has 18 heavy (non-hydrogen) atoms. The van der Waals surface area contributed by atoms with E-state index < -0.39 is 0 Å². The molecule has 0 heterocycles. The zero-order chi connectivity index (χ0) is 12.8. The molecular weight excluding hydrogens is 218 g/mol. The SMILES string of the molecule is CCNCC1CCCCCC1C1CCCC(C)C1. The first-order valence-electron chi connectivity index (χ1n) is 8.52. The molecule has 0 radical (unpaired) electrons. The lowest BCUT2D eigenvalue weighted by molar-refractivity contribution is 0.140. The summed E-state index contributed by atoms with van der Waals surface area (Å²) in [5, 5.41) is 3.63. The van der Waals surface area contributed by atoms with Crippen molar-refractivity contribution in [3.8, 4) is 0 Å². The predicted octanol–water partition coefficient (Wildman–Crippen LogP) is 4.62. The molecule has 0 spiro atoms. The van der Waals surface area contributed by atoms with Gasteiger partial charge < -0.3 is 5.32 Å². The van der Waals surface area contributed by atoms with E-state index in [-0.39, 0.29) is 0 Å². The Bertz CT molecular complexity index is 226. The second-order valence-electron chi connectivity index (χ2n) is 6.90. The Balaban J connectivity index is 1.95. The number of rotatable bonds is 4. The maximum absolute atomic E-state index is 3.63. The van der Waals surface area contributed by atoms with Crippen LogP contribution in [0.25, 0.3) is 0 Å². The fraction of sp³-hybridized carbons (Fsp3) is 1.00. The molecule has 0 aliphatic heterocycles. The van der Waals surface area contributed by atoms with Crippen molar-refractivity contribution in [3.63, 3.8) is 0 Å². The monoisotopic (exact) mass is 251 g/mol. The molecule has 1 N–H and O–H groups in total. The van der Waals surface area contributed by atoms with Crippen LogP contribution in [0.15, 0.2) is 0 Å². The van der Waals surface area contributed by atoms with Gasteiger partial charge in [0, 0.05) is 0 Å². The van der Waals surface area contributed by atoms with Crippen molar-refractivity contribution in [1.82, 2.24) is 5.32 Å². The van der Waals surface area contributed by atoms with E-state index >= 15 is 0 Å². The standard InChI is InChI=1S/C17H33N/c1-3-18-13-16-9-5-4-6-11-17(16)15-10-7-8-14(2)12-15/h14-18H,3-13H2,1-2H3. The quantitative estimate of drug-likeness (QED) is 0.719. The highest BCUT2D eigenvalue weighted by atomic mass is 14.8.